The molecule has 0 aliphatic carbocycles. The highest BCUT2D eigenvalue weighted by Crippen LogP contribution is 2.26. The number of halogens is 1. The van der Waals surface area contributed by atoms with E-state index in [0.717, 1.165) is 20.5 Å². The van der Waals surface area contributed by atoms with Gasteiger partial charge in [-0.25, -0.2) is 0 Å². The Labute approximate surface area is 124 Å². The number of hydrogen-bond donors (Lipinski definition) is 1. The van der Waals surface area contributed by atoms with E-state index in [1.54, 1.807) is 0 Å². The van der Waals surface area contributed by atoms with Crippen molar-refractivity contribution in [3.63, 3.8) is 0 Å². The molecule has 0 saturated heterocycles. The standard InChI is InChI=1S/C15H16BrNOS/c1-10-6-7-12(8-11(10)2)19(18)9-13-14(16)4-3-5-15(13)17/h3-8H,9,17H2,1-2H3. The van der Waals surface area contributed by atoms with Gasteiger partial charge in [0.2, 0.25) is 0 Å². The Morgan fingerprint density at radius 2 is 1.89 bits per heavy atom. The summed E-state index contributed by atoms with van der Waals surface area (Å²) < 4.78 is 13.3. The normalized spacial score (nSPS) is 12.4. The zero-order chi connectivity index (χ0) is 14.0. The van der Waals surface area contributed by atoms with Crippen LogP contribution in [0.1, 0.15) is 16.7 Å². The summed E-state index contributed by atoms with van der Waals surface area (Å²) in [7, 11) is -1.08. The van der Waals surface area contributed by atoms with E-state index < -0.39 is 10.8 Å². The van der Waals surface area contributed by atoms with E-state index in [1.165, 1.54) is 5.56 Å². The van der Waals surface area contributed by atoms with E-state index in [0.29, 0.717) is 11.4 Å². The highest BCUT2D eigenvalue weighted by Gasteiger charge is 2.11. The summed E-state index contributed by atoms with van der Waals surface area (Å²) >= 11 is 3.46. The molecule has 0 bridgehead atoms. The Bertz CT molecular complexity index is 620. The second kappa shape index (κ2) is 5.88. The minimum absolute atomic E-state index is 0.426. The van der Waals surface area contributed by atoms with E-state index in [1.807, 2.05) is 50.2 Å². The molecule has 2 aromatic carbocycles. The van der Waals surface area contributed by atoms with Crippen LogP contribution in [0.4, 0.5) is 5.69 Å². The molecule has 1 atom stereocenters. The van der Waals surface area contributed by atoms with E-state index in [-0.39, 0.29) is 0 Å². The average molecular weight is 338 g/mol. The van der Waals surface area contributed by atoms with Gasteiger partial charge in [0.1, 0.15) is 0 Å². The molecule has 0 aliphatic rings. The van der Waals surface area contributed by atoms with Crippen LogP contribution in [0.2, 0.25) is 0 Å². The highest BCUT2D eigenvalue weighted by molar-refractivity contribution is 9.10. The van der Waals surface area contributed by atoms with Crippen LogP contribution in [-0.4, -0.2) is 4.21 Å². The second-order valence-electron chi connectivity index (χ2n) is 4.54. The second-order valence-corrected chi connectivity index (χ2v) is 6.85. The Kier molecular flexibility index (Phi) is 4.42. The fraction of sp³-hybridized carbons (Fsp3) is 0.200. The van der Waals surface area contributed by atoms with Gasteiger partial charge in [-0.3, -0.25) is 4.21 Å². The van der Waals surface area contributed by atoms with Crippen molar-refractivity contribution in [1.29, 1.82) is 0 Å². The smallest absolute Gasteiger partial charge is 0.0575 e. The molecule has 2 N–H and O–H groups in total. The van der Waals surface area contributed by atoms with Crippen LogP contribution in [0.5, 0.6) is 0 Å². The maximum absolute atomic E-state index is 12.4. The van der Waals surface area contributed by atoms with Gasteiger partial charge in [0.05, 0.1) is 16.6 Å². The molecular weight excluding hydrogens is 322 g/mol. The Morgan fingerprint density at radius 1 is 1.16 bits per heavy atom. The third-order valence-electron chi connectivity index (χ3n) is 3.17. The number of anilines is 1. The molecule has 0 spiro atoms. The van der Waals surface area contributed by atoms with Crippen molar-refractivity contribution < 1.29 is 4.21 Å². The Morgan fingerprint density at radius 3 is 2.53 bits per heavy atom. The number of nitrogen functional groups attached to an aromatic ring is 1. The summed E-state index contributed by atoms with van der Waals surface area (Å²) in [5.74, 6) is 0.426. The zero-order valence-electron chi connectivity index (χ0n) is 10.9. The fourth-order valence-electron chi connectivity index (χ4n) is 1.80. The molecule has 4 heteroatoms. The summed E-state index contributed by atoms with van der Waals surface area (Å²) in [5, 5.41) is 0. The SMILES string of the molecule is Cc1ccc(S(=O)Cc2c(N)cccc2Br)cc1C. The van der Waals surface area contributed by atoms with Crippen LogP contribution >= 0.6 is 15.9 Å². The van der Waals surface area contributed by atoms with E-state index in [4.69, 9.17) is 5.73 Å². The lowest BCUT2D eigenvalue weighted by Crippen LogP contribution is -2.02. The molecule has 0 heterocycles. The van der Waals surface area contributed by atoms with E-state index >= 15 is 0 Å². The maximum atomic E-state index is 12.4. The Hall–Kier alpha value is -1.13. The molecule has 2 nitrogen and oxygen atoms in total. The average Bonchev–Trinajstić information content (AvgIpc) is 2.37. The zero-order valence-corrected chi connectivity index (χ0v) is 13.3. The van der Waals surface area contributed by atoms with Crippen molar-refractivity contribution in [2.75, 3.05) is 5.73 Å². The van der Waals surface area contributed by atoms with E-state index in [9.17, 15) is 4.21 Å². The lowest BCUT2D eigenvalue weighted by Gasteiger charge is -2.09. The van der Waals surface area contributed by atoms with Gasteiger partial charge in [-0.05, 0) is 49.2 Å². The molecule has 0 radical (unpaired) electrons. The van der Waals surface area contributed by atoms with Crippen molar-refractivity contribution in [3.05, 3.63) is 57.6 Å². The molecule has 0 aliphatic heterocycles. The van der Waals surface area contributed by atoms with Crippen LogP contribution in [0, 0.1) is 13.8 Å². The first kappa shape index (κ1) is 14.3. The van der Waals surface area contributed by atoms with Gasteiger partial charge in [-0.2, -0.15) is 0 Å². The lowest BCUT2D eigenvalue weighted by atomic mass is 10.1. The first-order valence-electron chi connectivity index (χ1n) is 5.97. The molecule has 2 rings (SSSR count). The summed E-state index contributed by atoms with van der Waals surface area (Å²) in [6.45, 7) is 4.08. The highest BCUT2D eigenvalue weighted by atomic mass is 79.9. The quantitative estimate of drug-likeness (QED) is 0.861. The van der Waals surface area contributed by atoms with Gasteiger partial charge in [0.15, 0.2) is 0 Å². The summed E-state index contributed by atoms with van der Waals surface area (Å²) in [4.78, 5) is 0.846. The molecule has 1 unspecified atom stereocenters. The largest absolute Gasteiger partial charge is 0.398 e. The van der Waals surface area contributed by atoms with Crippen molar-refractivity contribution in [1.82, 2.24) is 0 Å². The Balaban J connectivity index is 2.28. The fourth-order valence-corrected chi connectivity index (χ4v) is 3.78. The number of benzene rings is 2. The minimum Gasteiger partial charge on any atom is -0.398 e. The van der Waals surface area contributed by atoms with Crippen LogP contribution < -0.4 is 5.73 Å². The third-order valence-corrected chi connectivity index (χ3v) is 5.25. The van der Waals surface area contributed by atoms with Crippen molar-refractivity contribution in [2.24, 2.45) is 0 Å². The third kappa shape index (κ3) is 3.25. The first-order chi connectivity index (χ1) is 8.99. The molecule has 2 aromatic rings. The van der Waals surface area contributed by atoms with Gasteiger partial charge in [0.25, 0.3) is 0 Å². The molecule has 19 heavy (non-hydrogen) atoms. The lowest BCUT2D eigenvalue weighted by molar-refractivity contribution is 0.682. The van der Waals surface area contributed by atoms with Gasteiger partial charge >= 0.3 is 0 Å². The summed E-state index contributed by atoms with van der Waals surface area (Å²) in [6, 6.07) is 11.5. The topological polar surface area (TPSA) is 43.1 Å². The minimum atomic E-state index is -1.08. The molecule has 0 fully saturated rings. The van der Waals surface area contributed by atoms with Crippen LogP contribution in [0.25, 0.3) is 0 Å². The van der Waals surface area contributed by atoms with Crippen LogP contribution in [0.3, 0.4) is 0 Å². The number of aryl methyl sites for hydroxylation is 2. The number of nitrogens with two attached hydrogens (primary N) is 1. The number of hydrogen-bond acceptors (Lipinski definition) is 2. The van der Waals surface area contributed by atoms with Crippen molar-refractivity contribution >= 4 is 32.4 Å². The maximum Gasteiger partial charge on any atom is 0.0575 e. The number of rotatable bonds is 3. The molecule has 0 aromatic heterocycles. The van der Waals surface area contributed by atoms with Gasteiger partial charge < -0.3 is 5.73 Å². The van der Waals surface area contributed by atoms with Crippen LogP contribution in [0.15, 0.2) is 45.8 Å². The van der Waals surface area contributed by atoms with Gasteiger partial charge in [0, 0.05) is 20.6 Å². The summed E-state index contributed by atoms with van der Waals surface area (Å²) in [6.07, 6.45) is 0. The van der Waals surface area contributed by atoms with Crippen molar-refractivity contribution in [2.45, 2.75) is 24.5 Å². The molecule has 0 saturated carbocycles. The van der Waals surface area contributed by atoms with Gasteiger partial charge in [-0.1, -0.05) is 28.1 Å². The monoisotopic (exact) mass is 337 g/mol. The van der Waals surface area contributed by atoms with Crippen molar-refractivity contribution in [3.8, 4) is 0 Å². The molecule has 100 valence electrons. The molecular formula is C15H16BrNOS. The molecule has 0 amide bonds. The van der Waals surface area contributed by atoms with Gasteiger partial charge in [-0.15, -0.1) is 0 Å². The first-order valence-corrected chi connectivity index (χ1v) is 8.08. The predicted octanol–water partition coefficient (Wildman–Crippen LogP) is 3.96. The van der Waals surface area contributed by atoms with Crippen LogP contribution in [-0.2, 0) is 16.6 Å². The summed E-state index contributed by atoms with van der Waals surface area (Å²) in [5.41, 5.74) is 9.88. The predicted molar refractivity (Wildman–Crippen MR) is 84.6 cm³/mol. The van der Waals surface area contributed by atoms with E-state index in [2.05, 4.69) is 15.9 Å².